The van der Waals surface area contributed by atoms with Crippen molar-refractivity contribution in [1.82, 2.24) is 9.80 Å². The van der Waals surface area contributed by atoms with Crippen molar-refractivity contribution >= 4 is 33.4 Å². The number of hydrogen-bond donors (Lipinski definition) is 0. The normalized spacial score (nSPS) is 15.8. The number of nitrogens with zero attached hydrogens (tertiary/aromatic N) is 2. The van der Waals surface area contributed by atoms with Gasteiger partial charge in [0.1, 0.15) is 0 Å². The highest BCUT2D eigenvalue weighted by atomic mass is 32.1. The molecule has 4 heteroatoms. The molecule has 0 radical (unpaired) electrons. The minimum absolute atomic E-state index is 0.172. The molecule has 26 heavy (non-hydrogen) atoms. The van der Waals surface area contributed by atoms with Gasteiger partial charge in [0.15, 0.2) is 0 Å². The Hall–Kier alpha value is -2.43. The van der Waals surface area contributed by atoms with E-state index in [-0.39, 0.29) is 5.91 Å². The first-order chi connectivity index (χ1) is 12.8. The van der Waals surface area contributed by atoms with Gasteiger partial charge in [0.2, 0.25) is 0 Å². The fourth-order valence-corrected chi connectivity index (χ4v) is 4.31. The van der Waals surface area contributed by atoms with E-state index in [1.54, 1.807) is 11.3 Å². The van der Waals surface area contributed by atoms with Crippen molar-refractivity contribution < 1.29 is 4.79 Å². The Morgan fingerprint density at radius 3 is 2.46 bits per heavy atom. The summed E-state index contributed by atoms with van der Waals surface area (Å²) in [7, 11) is 0. The van der Waals surface area contributed by atoms with Gasteiger partial charge in [0, 0.05) is 37.4 Å². The lowest BCUT2D eigenvalue weighted by Gasteiger charge is -2.33. The molecule has 1 fully saturated rings. The highest BCUT2D eigenvalue weighted by Crippen LogP contribution is 2.26. The van der Waals surface area contributed by atoms with Gasteiger partial charge in [-0.05, 0) is 23.1 Å². The molecule has 0 unspecified atom stereocenters. The lowest BCUT2D eigenvalue weighted by atomic mass is 10.2. The number of piperazine rings is 1. The number of hydrogen-bond acceptors (Lipinski definition) is 3. The van der Waals surface area contributed by atoms with Crippen molar-refractivity contribution in [3.63, 3.8) is 0 Å². The second kappa shape index (κ2) is 7.85. The summed E-state index contributed by atoms with van der Waals surface area (Å²) in [5.74, 6) is 0.172. The third kappa shape index (κ3) is 3.87. The zero-order chi connectivity index (χ0) is 17.8. The number of carbonyl (C=O) groups is 1. The Labute approximate surface area is 158 Å². The van der Waals surface area contributed by atoms with E-state index in [1.807, 2.05) is 29.2 Å². The first-order valence-corrected chi connectivity index (χ1v) is 9.83. The van der Waals surface area contributed by atoms with Gasteiger partial charge in [-0.15, -0.1) is 11.3 Å². The van der Waals surface area contributed by atoms with Crippen LogP contribution in [0.3, 0.4) is 0 Å². The van der Waals surface area contributed by atoms with Gasteiger partial charge in [-0.1, -0.05) is 60.7 Å². The summed E-state index contributed by atoms with van der Waals surface area (Å²) in [5, 5.41) is 1.16. The third-order valence-electron chi connectivity index (χ3n) is 4.77. The summed E-state index contributed by atoms with van der Waals surface area (Å²) >= 11 is 1.60. The molecule has 0 spiro atoms. The Morgan fingerprint density at radius 2 is 1.69 bits per heavy atom. The van der Waals surface area contributed by atoms with Crippen LogP contribution in [-0.4, -0.2) is 48.4 Å². The fraction of sp³-hybridized carbons (Fsp3) is 0.227. The van der Waals surface area contributed by atoms with Crippen LogP contribution in [0.15, 0.2) is 66.7 Å². The second-order valence-electron chi connectivity index (χ2n) is 6.55. The SMILES string of the molecule is O=C(c1cc2ccccc2s1)N1CCN(C/C=C/c2ccccc2)CC1. The summed E-state index contributed by atoms with van der Waals surface area (Å²) in [5.41, 5.74) is 1.23. The quantitative estimate of drug-likeness (QED) is 0.688. The molecule has 3 nitrogen and oxygen atoms in total. The predicted octanol–water partition coefficient (Wildman–Crippen LogP) is 4.37. The van der Waals surface area contributed by atoms with Gasteiger partial charge in [-0.3, -0.25) is 9.69 Å². The van der Waals surface area contributed by atoms with Crippen molar-refractivity contribution in [3.05, 3.63) is 77.2 Å². The van der Waals surface area contributed by atoms with Gasteiger partial charge < -0.3 is 4.90 Å². The Kier molecular flexibility index (Phi) is 5.14. The molecule has 3 aromatic rings. The van der Waals surface area contributed by atoms with Crippen LogP contribution >= 0.6 is 11.3 Å². The molecule has 4 rings (SSSR count). The van der Waals surface area contributed by atoms with Gasteiger partial charge in [-0.25, -0.2) is 0 Å². The zero-order valence-corrected chi connectivity index (χ0v) is 15.5. The number of rotatable bonds is 4. The molecule has 0 bridgehead atoms. The first kappa shape index (κ1) is 17.0. The topological polar surface area (TPSA) is 23.6 Å². The lowest BCUT2D eigenvalue weighted by Crippen LogP contribution is -2.48. The fourth-order valence-electron chi connectivity index (χ4n) is 3.28. The first-order valence-electron chi connectivity index (χ1n) is 9.01. The third-order valence-corrected chi connectivity index (χ3v) is 5.87. The van der Waals surface area contributed by atoms with Crippen LogP contribution in [0.1, 0.15) is 15.2 Å². The van der Waals surface area contributed by atoms with Crippen LogP contribution in [0, 0.1) is 0 Å². The van der Waals surface area contributed by atoms with Gasteiger partial charge in [-0.2, -0.15) is 0 Å². The summed E-state index contributed by atoms with van der Waals surface area (Å²) in [6.45, 7) is 4.38. The van der Waals surface area contributed by atoms with Gasteiger partial charge in [0.25, 0.3) is 5.91 Å². The number of carbonyl (C=O) groups excluding carboxylic acids is 1. The minimum Gasteiger partial charge on any atom is -0.335 e. The summed E-state index contributed by atoms with van der Waals surface area (Å²) in [6, 6.07) is 20.6. The average Bonchev–Trinajstić information content (AvgIpc) is 3.13. The van der Waals surface area contributed by atoms with Crippen LogP contribution < -0.4 is 0 Å². The number of amides is 1. The minimum atomic E-state index is 0.172. The van der Waals surface area contributed by atoms with Crippen molar-refractivity contribution in [3.8, 4) is 0 Å². The summed E-state index contributed by atoms with van der Waals surface area (Å²) < 4.78 is 1.18. The predicted molar refractivity (Wildman–Crippen MR) is 110 cm³/mol. The molecular weight excluding hydrogens is 340 g/mol. The van der Waals surface area contributed by atoms with Crippen LogP contribution in [0.5, 0.6) is 0 Å². The Bertz CT molecular complexity index is 875. The molecule has 132 valence electrons. The largest absolute Gasteiger partial charge is 0.335 e. The molecule has 0 saturated carbocycles. The molecule has 1 aliphatic heterocycles. The van der Waals surface area contributed by atoms with Crippen molar-refractivity contribution in [2.24, 2.45) is 0 Å². The summed E-state index contributed by atoms with van der Waals surface area (Å²) in [4.78, 5) is 18.0. The van der Waals surface area contributed by atoms with E-state index in [4.69, 9.17) is 0 Å². The van der Waals surface area contributed by atoms with Crippen molar-refractivity contribution in [2.75, 3.05) is 32.7 Å². The van der Waals surface area contributed by atoms with Gasteiger partial charge >= 0.3 is 0 Å². The van der Waals surface area contributed by atoms with E-state index in [0.717, 1.165) is 43.0 Å². The van der Waals surface area contributed by atoms with E-state index >= 15 is 0 Å². The highest BCUT2D eigenvalue weighted by Gasteiger charge is 2.22. The molecule has 1 aromatic heterocycles. The molecule has 0 aliphatic carbocycles. The Morgan fingerprint density at radius 1 is 0.962 bits per heavy atom. The zero-order valence-electron chi connectivity index (χ0n) is 14.7. The van der Waals surface area contributed by atoms with E-state index in [9.17, 15) is 4.79 Å². The number of thiophene rings is 1. The van der Waals surface area contributed by atoms with Crippen LogP contribution in [0.25, 0.3) is 16.2 Å². The van der Waals surface area contributed by atoms with Crippen molar-refractivity contribution in [2.45, 2.75) is 0 Å². The highest BCUT2D eigenvalue weighted by molar-refractivity contribution is 7.20. The lowest BCUT2D eigenvalue weighted by molar-refractivity contribution is 0.0655. The molecule has 1 aliphatic rings. The molecule has 1 amide bonds. The molecule has 2 heterocycles. The van der Waals surface area contributed by atoms with Crippen LogP contribution in [0.4, 0.5) is 0 Å². The Balaban J connectivity index is 1.31. The molecule has 0 atom stereocenters. The monoisotopic (exact) mass is 362 g/mol. The molecule has 2 aromatic carbocycles. The smallest absolute Gasteiger partial charge is 0.264 e. The maximum atomic E-state index is 12.8. The maximum Gasteiger partial charge on any atom is 0.264 e. The van der Waals surface area contributed by atoms with Gasteiger partial charge in [0.05, 0.1) is 4.88 Å². The molecule has 1 saturated heterocycles. The van der Waals surface area contributed by atoms with E-state index in [0.29, 0.717) is 0 Å². The average molecular weight is 362 g/mol. The van der Waals surface area contributed by atoms with E-state index in [1.165, 1.54) is 10.3 Å². The summed E-state index contributed by atoms with van der Waals surface area (Å²) in [6.07, 6.45) is 4.37. The molecular formula is C22H22N2OS. The van der Waals surface area contributed by atoms with Crippen molar-refractivity contribution in [1.29, 1.82) is 0 Å². The maximum absolute atomic E-state index is 12.8. The molecule has 0 N–H and O–H groups in total. The van der Waals surface area contributed by atoms with Crippen LogP contribution in [-0.2, 0) is 0 Å². The van der Waals surface area contributed by atoms with E-state index < -0.39 is 0 Å². The number of fused-ring (bicyclic) bond motifs is 1. The second-order valence-corrected chi connectivity index (χ2v) is 7.64. The van der Waals surface area contributed by atoms with Crippen LogP contribution in [0.2, 0.25) is 0 Å². The van der Waals surface area contributed by atoms with E-state index in [2.05, 4.69) is 53.5 Å². The standard InChI is InChI=1S/C22H22N2OS/c25-22(21-17-19-10-4-5-11-20(19)26-21)24-15-13-23(14-16-24)12-6-9-18-7-2-1-3-8-18/h1-11,17H,12-16H2/b9-6+. The number of benzene rings is 2.